The molecule has 2 aromatic rings. The number of hydrogen-bond donors (Lipinski definition) is 1. The van der Waals surface area contributed by atoms with Crippen LogP contribution in [-0.2, 0) is 27.3 Å². The van der Waals surface area contributed by atoms with Gasteiger partial charge in [0.2, 0.25) is 0 Å². The fourth-order valence-electron chi connectivity index (χ4n) is 2.24. The van der Waals surface area contributed by atoms with Crippen molar-refractivity contribution in [1.29, 1.82) is 0 Å². The van der Waals surface area contributed by atoms with Gasteiger partial charge in [-0.1, -0.05) is 42.5 Å². The second-order valence-electron chi connectivity index (χ2n) is 5.43. The fourth-order valence-corrected chi connectivity index (χ4v) is 2.24. The number of nitro groups is 1. The maximum atomic E-state index is 11.8. The molecule has 2 aromatic carbocycles. The molecule has 0 saturated heterocycles. The van der Waals surface area contributed by atoms with Crippen LogP contribution in [0.2, 0.25) is 0 Å². The summed E-state index contributed by atoms with van der Waals surface area (Å²) in [5.74, 6) is -1.13. The molecule has 0 aliphatic heterocycles. The van der Waals surface area contributed by atoms with E-state index in [9.17, 15) is 19.7 Å². The monoisotopic (exact) mass is 342 g/mol. The van der Waals surface area contributed by atoms with Gasteiger partial charge in [0.15, 0.2) is 6.61 Å². The molecule has 0 aliphatic rings. The van der Waals surface area contributed by atoms with Crippen LogP contribution < -0.4 is 5.32 Å². The van der Waals surface area contributed by atoms with Crippen LogP contribution in [-0.4, -0.2) is 23.4 Å². The highest BCUT2D eigenvalue weighted by atomic mass is 16.6. The normalized spacial score (nSPS) is 10.1. The average Bonchev–Trinajstić information content (AvgIpc) is 2.59. The molecule has 0 heterocycles. The van der Waals surface area contributed by atoms with Crippen LogP contribution in [0.15, 0.2) is 48.5 Å². The van der Waals surface area contributed by atoms with Crippen LogP contribution in [0.3, 0.4) is 0 Å². The van der Waals surface area contributed by atoms with Crippen molar-refractivity contribution < 1.29 is 19.2 Å². The van der Waals surface area contributed by atoms with Gasteiger partial charge in [-0.15, -0.1) is 0 Å². The number of nitrogens with one attached hydrogen (secondary N) is 1. The number of nitro benzene ring substituents is 1. The Bertz CT molecular complexity index is 789. The summed E-state index contributed by atoms with van der Waals surface area (Å²) in [6.07, 6.45) is -0.262. The fraction of sp³-hybridized carbons (Fsp3) is 0.222. The predicted octanol–water partition coefficient (Wildman–Crippen LogP) is 2.31. The molecule has 2 rings (SSSR count). The van der Waals surface area contributed by atoms with E-state index >= 15 is 0 Å². The van der Waals surface area contributed by atoms with Crippen LogP contribution >= 0.6 is 0 Å². The second-order valence-corrected chi connectivity index (χ2v) is 5.43. The lowest BCUT2D eigenvalue weighted by Gasteiger charge is -2.08. The quantitative estimate of drug-likeness (QED) is 0.473. The van der Waals surface area contributed by atoms with E-state index in [1.165, 1.54) is 18.2 Å². The minimum atomic E-state index is -0.694. The molecule has 0 unspecified atom stereocenters. The van der Waals surface area contributed by atoms with Crippen molar-refractivity contribution in [3.63, 3.8) is 0 Å². The van der Waals surface area contributed by atoms with Gasteiger partial charge in [-0.3, -0.25) is 19.7 Å². The maximum Gasteiger partial charge on any atom is 0.311 e. The van der Waals surface area contributed by atoms with E-state index < -0.39 is 23.4 Å². The highest BCUT2D eigenvalue weighted by Gasteiger charge is 2.17. The van der Waals surface area contributed by atoms with Crippen molar-refractivity contribution in [2.24, 2.45) is 0 Å². The molecule has 0 radical (unpaired) electrons. The van der Waals surface area contributed by atoms with Crippen LogP contribution in [0.1, 0.15) is 16.7 Å². The Hall–Kier alpha value is -3.22. The highest BCUT2D eigenvalue weighted by Crippen LogP contribution is 2.18. The van der Waals surface area contributed by atoms with Crippen LogP contribution in [0.5, 0.6) is 0 Å². The molecule has 0 aliphatic carbocycles. The topological polar surface area (TPSA) is 98.5 Å². The zero-order valence-corrected chi connectivity index (χ0v) is 13.7. The van der Waals surface area contributed by atoms with Crippen molar-refractivity contribution in [2.75, 3.05) is 6.61 Å². The van der Waals surface area contributed by atoms with Crippen molar-refractivity contribution in [3.8, 4) is 0 Å². The third-order valence-corrected chi connectivity index (χ3v) is 3.62. The summed E-state index contributed by atoms with van der Waals surface area (Å²) < 4.78 is 4.89. The van der Waals surface area contributed by atoms with Gasteiger partial charge in [0, 0.05) is 18.2 Å². The molecule has 0 bridgehead atoms. The zero-order chi connectivity index (χ0) is 18.2. The number of carbonyl (C=O) groups excluding carboxylic acids is 2. The molecule has 7 nitrogen and oxygen atoms in total. The minimum Gasteiger partial charge on any atom is -0.455 e. The third-order valence-electron chi connectivity index (χ3n) is 3.62. The molecule has 0 atom stereocenters. The highest BCUT2D eigenvalue weighted by molar-refractivity contribution is 5.81. The largest absolute Gasteiger partial charge is 0.455 e. The second kappa shape index (κ2) is 8.58. The molecule has 0 fully saturated rings. The summed E-state index contributed by atoms with van der Waals surface area (Å²) in [5, 5.41) is 13.6. The van der Waals surface area contributed by atoms with E-state index in [1.54, 1.807) is 6.07 Å². The van der Waals surface area contributed by atoms with Crippen LogP contribution in [0.25, 0.3) is 0 Å². The Labute approximate surface area is 144 Å². The Morgan fingerprint density at radius 1 is 1.08 bits per heavy atom. The van der Waals surface area contributed by atoms with E-state index in [2.05, 4.69) is 5.32 Å². The first-order valence-corrected chi connectivity index (χ1v) is 7.66. The SMILES string of the molecule is Cc1ccccc1CNC(=O)COC(=O)Cc1ccccc1[N+](=O)[O-]. The number of para-hydroxylation sites is 1. The van der Waals surface area contributed by atoms with E-state index in [1.807, 2.05) is 31.2 Å². The molecule has 130 valence electrons. The van der Waals surface area contributed by atoms with Crippen molar-refractivity contribution in [2.45, 2.75) is 19.9 Å². The van der Waals surface area contributed by atoms with Crippen LogP contribution in [0.4, 0.5) is 5.69 Å². The Morgan fingerprint density at radius 3 is 2.40 bits per heavy atom. The van der Waals surface area contributed by atoms with Crippen molar-refractivity contribution in [3.05, 3.63) is 75.3 Å². The van der Waals surface area contributed by atoms with Gasteiger partial charge in [-0.05, 0) is 18.1 Å². The predicted molar refractivity (Wildman–Crippen MR) is 90.8 cm³/mol. The molecule has 7 heteroatoms. The zero-order valence-electron chi connectivity index (χ0n) is 13.7. The Morgan fingerprint density at radius 2 is 1.72 bits per heavy atom. The van der Waals surface area contributed by atoms with E-state index in [0.717, 1.165) is 11.1 Å². The first-order valence-electron chi connectivity index (χ1n) is 7.66. The number of nitrogens with zero attached hydrogens (tertiary/aromatic N) is 1. The number of carbonyl (C=O) groups is 2. The number of hydrogen-bond acceptors (Lipinski definition) is 5. The number of ether oxygens (including phenoxy) is 1. The number of esters is 1. The summed E-state index contributed by atoms with van der Waals surface area (Å²) in [6, 6.07) is 13.5. The van der Waals surface area contributed by atoms with Gasteiger partial charge in [-0.25, -0.2) is 0 Å². The van der Waals surface area contributed by atoms with Crippen LogP contribution in [0, 0.1) is 17.0 Å². The standard InChI is InChI=1S/C18H18N2O5/c1-13-6-2-3-8-15(13)11-19-17(21)12-25-18(22)10-14-7-4-5-9-16(14)20(23)24/h2-9H,10-12H2,1H3,(H,19,21). The summed E-state index contributed by atoms with van der Waals surface area (Å²) in [5.41, 5.74) is 2.12. The molecule has 1 amide bonds. The van der Waals surface area contributed by atoms with E-state index in [4.69, 9.17) is 4.74 Å². The molecule has 0 spiro atoms. The lowest BCUT2D eigenvalue weighted by Crippen LogP contribution is -2.29. The third kappa shape index (κ3) is 5.42. The average molecular weight is 342 g/mol. The number of benzene rings is 2. The lowest BCUT2D eigenvalue weighted by atomic mass is 10.1. The number of amides is 1. The summed E-state index contributed by atoms with van der Waals surface area (Å²) in [4.78, 5) is 33.9. The van der Waals surface area contributed by atoms with Crippen molar-refractivity contribution in [1.82, 2.24) is 5.32 Å². The van der Waals surface area contributed by atoms with Gasteiger partial charge >= 0.3 is 5.97 Å². The first kappa shape index (κ1) is 18.1. The van der Waals surface area contributed by atoms with Gasteiger partial charge in [0.1, 0.15) is 0 Å². The molecular weight excluding hydrogens is 324 g/mol. The van der Waals surface area contributed by atoms with Gasteiger partial charge in [0.05, 0.1) is 11.3 Å². The summed E-state index contributed by atoms with van der Waals surface area (Å²) in [6.45, 7) is 1.85. The Kier molecular flexibility index (Phi) is 6.22. The summed E-state index contributed by atoms with van der Waals surface area (Å²) in [7, 11) is 0. The summed E-state index contributed by atoms with van der Waals surface area (Å²) >= 11 is 0. The maximum absolute atomic E-state index is 11.8. The Balaban J connectivity index is 1.81. The molecule has 1 N–H and O–H groups in total. The van der Waals surface area contributed by atoms with Gasteiger partial charge in [-0.2, -0.15) is 0 Å². The van der Waals surface area contributed by atoms with Crippen molar-refractivity contribution >= 4 is 17.6 Å². The minimum absolute atomic E-state index is 0.150. The first-order chi connectivity index (χ1) is 12.0. The molecule has 0 saturated carbocycles. The number of aryl methyl sites for hydroxylation is 1. The van der Waals surface area contributed by atoms with E-state index in [0.29, 0.717) is 6.54 Å². The van der Waals surface area contributed by atoms with E-state index in [-0.39, 0.29) is 17.7 Å². The van der Waals surface area contributed by atoms with Gasteiger partial charge < -0.3 is 10.1 Å². The molecule has 0 aromatic heterocycles. The molecular formula is C18H18N2O5. The molecule has 25 heavy (non-hydrogen) atoms. The lowest BCUT2D eigenvalue weighted by molar-refractivity contribution is -0.385. The van der Waals surface area contributed by atoms with Gasteiger partial charge in [0.25, 0.3) is 11.6 Å². The smallest absolute Gasteiger partial charge is 0.311 e. The number of rotatable bonds is 7.